The van der Waals surface area contributed by atoms with Crippen LogP contribution in [0.5, 0.6) is 0 Å². The smallest absolute Gasteiger partial charge is 0.315 e. The maximum atomic E-state index is 11.9. The second kappa shape index (κ2) is 5.81. The van der Waals surface area contributed by atoms with Gasteiger partial charge in [-0.25, -0.2) is 4.79 Å². The van der Waals surface area contributed by atoms with Gasteiger partial charge in [0.1, 0.15) is 0 Å². The number of amides is 2. The maximum absolute atomic E-state index is 11.9. The first-order valence-electron chi connectivity index (χ1n) is 7.66. The van der Waals surface area contributed by atoms with Crippen LogP contribution in [0.2, 0.25) is 0 Å². The number of nitrogens with one attached hydrogen (secondary N) is 2. The molecule has 2 fully saturated rings. The van der Waals surface area contributed by atoms with Crippen molar-refractivity contribution in [1.82, 2.24) is 15.6 Å². The van der Waals surface area contributed by atoms with Crippen molar-refractivity contribution in [3.05, 3.63) is 29.6 Å². The highest BCUT2D eigenvalue weighted by Gasteiger charge is 2.39. The second-order valence-electron chi connectivity index (χ2n) is 6.24. The standard InChI is InChI=1S/C16H23N3O/c1-11-2-3-12(10-18-11)6-7-17-16(20)19-15-9-13-4-5-14(15)8-13/h2-3,10,13-15H,4-9H2,1H3,(H2,17,19,20). The number of carbonyl (C=O) groups excluding carboxylic acids is 1. The topological polar surface area (TPSA) is 54.0 Å². The molecule has 2 N–H and O–H groups in total. The minimum atomic E-state index is -0.0115. The number of nitrogens with zero attached hydrogens (tertiary/aromatic N) is 1. The summed E-state index contributed by atoms with van der Waals surface area (Å²) in [4.78, 5) is 16.1. The van der Waals surface area contributed by atoms with Gasteiger partial charge in [-0.15, -0.1) is 0 Å². The predicted molar refractivity (Wildman–Crippen MR) is 78.4 cm³/mol. The third kappa shape index (κ3) is 3.11. The molecule has 0 saturated heterocycles. The van der Waals surface area contributed by atoms with Crippen LogP contribution in [0.25, 0.3) is 0 Å². The van der Waals surface area contributed by atoms with Crippen molar-refractivity contribution in [1.29, 1.82) is 0 Å². The van der Waals surface area contributed by atoms with Gasteiger partial charge >= 0.3 is 6.03 Å². The first-order chi connectivity index (χ1) is 9.70. The molecule has 2 aliphatic carbocycles. The fraction of sp³-hybridized carbons (Fsp3) is 0.625. The van der Waals surface area contributed by atoms with E-state index in [9.17, 15) is 4.79 Å². The lowest BCUT2D eigenvalue weighted by Gasteiger charge is -2.23. The van der Waals surface area contributed by atoms with Crippen molar-refractivity contribution in [2.45, 2.75) is 45.1 Å². The first kappa shape index (κ1) is 13.4. The number of aromatic nitrogens is 1. The molecule has 2 bridgehead atoms. The summed E-state index contributed by atoms with van der Waals surface area (Å²) in [6, 6.07) is 4.47. The lowest BCUT2D eigenvalue weighted by Crippen LogP contribution is -2.44. The Morgan fingerprint density at radius 3 is 2.90 bits per heavy atom. The van der Waals surface area contributed by atoms with Crippen LogP contribution >= 0.6 is 0 Å². The molecule has 0 aromatic carbocycles. The fourth-order valence-electron chi connectivity index (χ4n) is 3.61. The van der Waals surface area contributed by atoms with Crippen LogP contribution in [0.3, 0.4) is 0 Å². The van der Waals surface area contributed by atoms with Gasteiger partial charge in [0.05, 0.1) is 0 Å². The number of rotatable bonds is 4. The molecule has 4 nitrogen and oxygen atoms in total. The van der Waals surface area contributed by atoms with Gasteiger partial charge in [-0.05, 0) is 56.1 Å². The normalized spacial score (nSPS) is 27.6. The fourth-order valence-corrected chi connectivity index (χ4v) is 3.61. The van der Waals surface area contributed by atoms with E-state index in [-0.39, 0.29) is 6.03 Å². The van der Waals surface area contributed by atoms with Gasteiger partial charge < -0.3 is 10.6 Å². The van der Waals surface area contributed by atoms with Crippen molar-refractivity contribution in [3.63, 3.8) is 0 Å². The number of hydrogen-bond acceptors (Lipinski definition) is 2. The summed E-state index contributed by atoms with van der Waals surface area (Å²) in [5.41, 5.74) is 2.19. The minimum Gasteiger partial charge on any atom is -0.338 e. The van der Waals surface area contributed by atoms with Crippen molar-refractivity contribution in [3.8, 4) is 0 Å². The molecule has 108 valence electrons. The van der Waals surface area contributed by atoms with Gasteiger partial charge in [-0.3, -0.25) is 4.98 Å². The Kier molecular flexibility index (Phi) is 3.90. The minimum absolute atomic E-state index is 0.0115. The third-order valence-electron chi connectivity index (χ3n) is 4.73. The molecular formula is C16H23N3O. The van der Waals surface area contributed by atoms with Gasteiger partial charge in [-0.1, -0.05) is 12.5 Å². The van der Waals surface area contributed by atoms with Crippen LogP contribution in [-0.2, 0) is 6.42 Å². The maximum Gasteiger partial charge on any atom is 0.315 e. The quantitative estimate of drug-likeness (QED) is 0.885. The highest BCUT2D eigenvalue weighted by Crippen LogP contribution is 2.44. The van der Waals surface area contributed by atoms with E-state index in [0.717, 1.165) is 29.5 Å². The molecule has 20 heavy (non-hydrogen) atoms. The Bertz CT molecular complexity index is 471. The van der Waals surface area contributed by atoms with E-state index in [1.807, 2.05) is 19.2 Å². The number of pyridine rings is 1. The summed E-state index contributed by atoms with van der Waals surface area (Å²) in [5.74, 6) is 1.59. The molecule has 3 rings (SSSR count). The van der Waals surface area contributed by atoms with Crippen molar-refractivity contribution in [2.75, 3.05) is 6.54 Å². The zero-order valence-electron chi connectivity index (χ0n) is 12.1. The van der Waals surface area contributed by atoms with E-state index in [0.29, 0.717) is 12.6 Å². The van der Waals surface area contributed by atoms with Crippen LogP contribution in [0, 0.1) is 18.8 Å². The molecule has 3 atom stereocenters. The number of aryl methyl sites for hydroxylation is 1. The molecule has 1 aromatic heterocycles. The van der Waals surface area contributed by atoms with E-state index in [1.54, 1.807) is 0 Å². The Morgan fingerprint density at radius 2 is 2.25 bits per heavy atom. The molecule has 4 heteroatoms. The number of fused-ring (bicyclic) bond motifs is 2. The summed E-state index contributed by atoms with van der Waals surface area (Å²) < 4.78 is 0. The van der Waals surface area contributed by atoms with E-state index in [2.05, 4.69) is 21.7 Å². The predicted octanol–water partition coefficient (Wildman–Crippen LogP) is 2.42. The second-order valence-corrected chi connectivity index (χ2v) is 6.24. The summed E-state index contributed by atoms with van der Waals surface area (Å²) in [6.07, 6.45) is 7.87. The van der Waals surface area contributed by atoms with E-state index in [4.69, 9.17) is 0 Å². The number of hydrogen-bond donors (Lipinski definition) is 2. The van der Waals surface area contributed by atoms with Gasteiger partial charge in [-0.2, -0.15) is 0 Å². The van der Waals surface area contributed by atoms with Gasteiger partial charge in [0.25, 0.3) is 0 Å². The van der Waals surface area contributed by atoms with Crippen LogP contribution in [0.15, 0.2) is 18.3 Å². The lowest BCUT2D eigenvalue weighted by atomic mass is 9.95. The largest absolute Gasteiger partial charge is 0.338 e. The molecule has 0 aliphatic heterocycles. The molecule has 3 unspecified atom stereocenters. The van der Waals surface area contributed by atoms with Gasteiger partial charge in [0.15, 0.2) is 0 Å². The zero-order valence-corrected chi connectivity index (χ0v) is 12.1. The molecule has 1 heterocycles. The van der Waals surface area contributed by atoms with Crippen molar-refractivity contribution in [2.24, 2.45) is 11.8 Å². The number of urea groups is 1. The highest BCUT2D eigenvalue weighted by molar-refractivity contribution is 5.74. The molecule has 2 saturated carbocycles. The number of carbonyl (C=O) groups is 1. The van der Waals surface area contributed by atoms with E-state index < -0.39 is 0 Å². The van der Waals surface area contributed by atoms with Crippen molar-refractivity contribution >= 4 is 6.03 Å². The molecule has 0 spiro atoms. The molecule has 2 amide bonds. The highest BCUT2D eigenvalue weighted by atomic mass is 16.2. The lowest BCUT2D eigenvalue weighted by molar-refractivity contribution is 0.231. The Labute approximate surface area is 120 Å². The Morgan fingerprint density at radius 1 is 1.35 bits per heavy atom. The van der Waals surface area contributed by atoms with Crippen LogP contribution in [-0.4, -0.2) is 23.6 Å². The van der Waals surface area contributed by atoms with Crippen LogP contribution in [0.1, 0.15) is 36.9 Å². The summed E-state index contributed by atoms with van der Waals surface area (Å²) in [6.45, 7) is 2.64. The van der Waals surface area contributed by atoms with Crippen LogP contribution in [0.4, 0.5) is 4.79 Å². The zero-order chi connectivity index (χ0) is 13.9. The summed E-state index contributed by atoms with van der Waals surface area (Å²) in [7, 11) is 0. The molecule has 2 aliphatic rings. The van der Waals surface area contributed by atoms with Gasteiger partial charge in [0, 0.05) is 24.5 Å². The monoisotopic (exact) mass is 273 g/mol. The Balaban J connectivity index is 1.38. The third-order valence-corrected chi connectivity index (χ3v) is 4.73. The molecule has 0 radical (unpaired) electrons. The van der Waals surface area contributed by atoms with Crippen LogP contribution < -0.4 is 10.6 Å². The van der Waals surface area contributed by atoms with E-state index in [1.165, 1.54) is 25.7 Å². The molecular weight excluding hydrogens is 250 g/mol. The Hall–Kier alpha value is -1.58. The summed E-state index contributed by atoms with van der Waals surface area (Å²) >= 11 is 0. The average Bonchev–Trinajstić information content (AvgIpc) is 3.03. The average molecular weight is 273 g/mol. The van der Waals surface area contributed by atoms with Gasteiger partial charge in [0.2, 0.25) is 0 Å². The summed E-state index contributed by atoms with van der Waals surface area (Å²) in [5, 5.41) is 6.09. The molecule has 1 aromatic rings. The van der Waals surface area contributed by atoms with Crippen molar-refractivity contribution < 1.29 is 4.79 Å². The SMILES string of the molecule is Cc1ccc(CCNC(=O)NC2CC3CCC2C3)cn1. The first-order valence-corrected chi connectivity index (χ1v) is 7.66. The van der Waals surface area contributed by atoms with E-state index >= 15 is 0 Å².